The Morgan fingerprint density at radius 2 is 2.00 bits per heavy atom. The summed E-state index contributed by atoms with van der Waals surface area (Å²) in [5.74, 6) is -0.744. The number of rotatable bonds is 7. The van der Waals surface area contributed by atoms with Gasteiger partial charge in [0.15, 0.2) is 0 Å². The number of H-pyrrole nitrogens is 1. The second-order valence-corrected chi connectivity index (χ2v) is 5.44. The molecule has 124 valence electrons. The molecule has 1 N–H and O–H groups in total. The second kappa shape index (κ2) is 7.87. The number of hydrogen-bond donors (Lipinski definition) is 1. The predicted octanol–water partition coefficient (Wildman–Crippen LogP) is 3.84. The minimum atomic E-state index is -0.631. The predicted molar refractivity (Wildman–Crippen MR) is 83.5 cm³/mol. The summed E-state index contributed by atoms with van der Waals surface area (Å²) >= 11 is 0. The van der Waals surface area contributed by atoms with E-state index < -0.39 is 11.8 Å². The smallest absolute Gasteiger partial charge is 0.293 e. The van der Waals surface area contributed by atoms with Gasteiger partial charge in [0.05, 0.1) is 17.9 Å². The maximum atomic E-state index is 12.8. The van der Waals surface area contributed by atoms with E-state index in [1.54, 1.807) is 0 Å². The van der Waals surface area contributed by atoms with Crippen molar-refractivity contribution in [1.29, 1.82) is 0 Å². The van der Waals surface area contributed by atoms with Gasteiger partial charge in [0, 0.05) is 5.69 Å². The standard InChI is InChI=1S/C17H21FN2O3/c1-4-13(16-11(2)19-20-12(16)3)9-10-22-23-17(21)14-5-7-15(18)8-6-14/h5-8,13H,4,9-10H2,1-3H3,(H,19,20). The molecule has 0 spiro atoms. The lowest BCUT2D eigenvalue weighted by Gasteiger charge is -2.15. The Bertz CT molecular complexity index is 633. The van der Waals surface area contributed by atoms with Crippen LogP contribution in [-0.2, 0) is 9.78 Å². The molecule has 0 saturated heterocycles. The quantitative estimate of drug-likeness (QED) is 0.478. The van der Waals surface area contributed by atoms with Crippen molar-refractivity contribution in [3.8, 4) is 0 Å². The van der Waals surface area contributed by atoms with Crippen molar-refractivity contribution >= 4 is 5.97 Å². The van der Waals surface area contributed by atoms with Crippen molar-refractivity contribution in [3.63, 3.8) is 0 Å². The first-order valence-electron chi connectivity index (χ1n) is 7.63. The van der Waals surface area contributed by atoms with Crippen LogP contribution in [0.1, 0.15) is 53.0 Å². The number of aromatic amines is 1. The van der Waals surface area contributed by atoms with Gasteiger partial charge in [0.25, 0.3) is 0 Å². The zero-order chi connectivity index (χ0) is 16.8. The first-order valence-corrected chi connectivity index (χ1v) is 7.63. The van der Waals surface area contributed by atoms with Crippen LogP contribution in [0, 0.1) is 19.7 Å². The van der Waals surface area contributed by atoms with Gasteiger partial charge in [-0.1, -0.05) is 6.92 Å². The van der Waals surface area contributed by atoms with Crippen molar-refractivity contribution in [1.82, 2.24) is 10.2 Å². The van der Waals surface area contributed by atoms with Crippen LogP contribution >= 0.6 is 0 Å². The van der Waals surface area contributed by atoms with Gasteiger partial charge in [-0.25, -0.2) is 9.18 Å². The molecule has 0 aliphatic heterocycles. The molecule has 0 aliphatic carbocycles. The van der Waals surface area contributed by atoms with E-state index in [9.17, 15) is 9.18 Å². The summed E-state index contributed by atoms with van der Waals surface area (Å²) in [6.07, 6.45) is 1.66. The topological polar surface area (TPSA) is 64.2 Å². The highest BCUT2D eigenvalue weighted by Crippen LogP contribution is 2.27. The lowest BCUT2D eigenvalue weighted by molar-refractivity contribution is -0.241. The van der Waals surface area contributed by atoms with Crippen molar-refractivity contribution in [3.05, 3.63) is 52.6 Å². The molecule has 1 unspecified atom stereocenters. The van der Waals surface area contributed by atoms with E-state index in [1.165, 1.54) is 29.8 Å². The molecule has 0 aliphatic rings. The van der Waals surface area contributed by atoms with Crippen LogP contribution in [0.5, 0.6) is 0 Å². The SMILES string of the molecule is CCC(CCOOC(=O)c1ccc(F)cc1)c1c(C)n[nH]c1C. The Morgan fingerprint density at radius 1 is 1.30 bits per heavy atom. The van der Waals surface area contributed by atoms with Gasteiger partial charge in [0.1, 0.15) is 5.82 Å². The van der Waals surface area contributed by atoms with E-state index in [0.29, 0.717) is 12.3 Å². The van der Waals surface area contributed by atoms with Gasteiger partial charge >= 0.3 is 5.97 Å². The maximum absolute atomic E-state index is 12.8. The highest BCUT2D eigenvalue weighted by molar-refractivity contribution is 5.88. The molecule has 0 amide bonds. The average Bonchev–Trinajstić information content (AvgIpc) is 2.87. The highest BCUT2D eigenvalue weighted by Gasteiger charge is 2.17. The Labute approximate surface area is 134 Å². The first-order chi connectivity index (χ1) is 11.0. The number of aromatic nitrogens is 2. The molecule has 1 aromatic carbocycles. The Kier molecular flexibility index (Phi) is 5.87. The number of nitrogens with zero attached hydrogens (tertiary/aromatic N) is 1. The molecule has 1 atom stereocenters. The van der Waals surface area contributed by atoms with Gasteiger partial charge in [-0.2, -0.15) is 9.99 Å². The van der Waals surface area contributed by atoms with Crippen molar-refractivity contribution in [2.75, 3.05) is 6.61 Å². The number of hydrogen-bond acceptors (Lipinski definition) is 4. The normalized spacial score (nSPS) is 12.2. The Morgan fingerprint density at radius 3 is 2.57 bits per heavy atom. The van der Waals surface area contributed by atoms with Gasteiger partial charge in [-0.3, -0.25) is 9.99 Å². The minimum absolute atomic E-state index is 0.250. The summed E-state index contributed by atoms with van der Waals surface area (Å²) in [5.41, 5.74) is 3.48. The zero-order valence-corrected chi connectivity index (χ0v) is 13.6. The number of halogens is 1. The van der Waals surface area contributed by atoms with Crippen molar-refractivity contribution < 1.29 is 19.0 Å². The van der Waals surface area contributed by atoms with E-state index in [1.807, 2.05) is 13.8 Å². The summed E-state index contributed by atoms with van der Waals surface area (Å²) in [7, 11) is 0. The van der Waals surface area contributed by atoms with Crippen LogP contribution in [0.2, 0.25) is 0 Å². The summed E-state index contributed by atoms with van der Waals surface area (Å²) in [5, 5.41) is 7.19. The van der Waals surface area contributed by atoms with E-state index in [2.05, 4.69) is 17.1 Å². The number of nitrogens with one attached hydrogen (secondary N) is 1. The lowest BCUT2D eigenvalue weighted by atomic mass is 9.92. The third-order valence-corrected chi connectivity index (χ3v) is 3.85. The molecule has 0 radical (unpaired) electrons. The molecule has 5 nitrogen and oxygen atoms in total. The van der Waals surface area contributed by atoms with Crippen LogP contribution in [0.25, 0.3) is 0 Å². The summed E-state index contributed by atoms with van der Waals surface area (Å²) in [4.78, 5) is 21.5. The fourth-order valence-corrected chi connectivity index (χ4v) is 2.63. The van der Waals surface area contributed by atoms with E-state index in [4.69, 9.17) is 9.78 Å². The molecular weight excluding hydrogens is 299 g/mol. The molecule has 2 rings (SSSR count). The van der Waals surface area contributed by atoms with Gasteiger partial charge in [0.2, 0.25) is 0 Å². The van der Waals surface area contributed by atoms with E-state index in [0.717, 1.165) is 17.8 Å². The van der Waals surface area contributed by atoms with Crippen LogP contribution in [0.15, 0.2) is 24.3 Å². The van der Waals surface area contributed by atoms with Crippen LogP contribution in [0.4, 0.5) is 4.39 Å². The maximum Gasteiger partial charge on any atom is 0.373 e. The van der Waals surface area contributed by atoms with Gasteiger partial charge < -0.3 is 0 Å². The first kappa shape index (κ1) is 17.1. The van der Waals surface area contributed by atoms with Crippen LogP contribution in [-0.4, -0.2) is 22.8 Å². The molecule has 0 fully saturated rings. The average molecular weight is 320 g/mol. The fourth-order valence-electron chi connectivity index (χ4n) is 2.63. The lowest BCUT2D eigenvalue weighted by Crippen LogP contribution is -2.10. The third kappa shape index (κ3) is 4.39. The Balaban J connectivity index is 1.82. The number of aryl methyl sites for hydroxylation is 2. The molecular formula is C17H21FN2O3. The van der Waals surface area contributed by atoms with Crippen molar-refractivity contribution in [2.24, 2.45) is 0 Å². The summed E-state index contributed by atoms with van der Waals surface area (Å²) in [6, 6.07) is 5.12. The third-order valence-electron chi connectivity index (χ3n) is 3.85. The minimum Gasteiger partial charge on any atom is -0.293 e. The molecule has 0 saturated carbocycles. The van der Waals surface area contributed by atoms with Crippen LogP contribution < -0.4 is 0 Å². The monoisotopic (exact) mass is 320 g/mol. The number of carbonyl (C=O) groups is 1. The molecule has 6 heteroatoms. The highest BCUT2D eigenvalue weighted by atomic mass is 19.1. The van der Waals surface area contributed by atoms with Crippen molar-refractivity contribution in [2.45, 2.75) is 39.5 Å². The number of carbonyl (C=O) groups excluding carboxylic acids is 1. The molecule has 1 aromatic heterocycles. The van der Waals surface area contributed by atoms with Crippen LogP contribution in [0.3, 0.4) is 0 Å². The fraction of sp³-hybridized carbons (Fsp3) is 0.412. The van der Waals surface area contributed by atoms with Gasteiger partial charge in [-0.15, -0.1) is 0 Å². The second-order valence-electron chi connectivity index (χ2n) is 5.44. The molecule has 0 bridgehead atoms. The van der Waals surface area contributed by atoms with Gasteiger partial charge in [-0.05, 0) is 62.4 Å². The molecule has 23 heavy (non-hydrogen) atoms. The zero-order valence-electron chi connectivity index (χ0n) is 13.6. The molecule has 2 aromatic rings. The molecule has 1 heterocycles. The van der Waals surface area contributed by atoms with E-state index >= 15 is 0 Å². The Hall–Kier alpha value is -2.21. The number of benzene rings is 1. The largest absolute Gasteiger partial charge is 0.373 e. The summed E-state index contributed by atoms with van der Waals surface area (Å²) < 4.78 is 12.8. The summed E-state index contributed by atoms with van der Waals surface area (Å²) in [6.45, 7) is 6.35. The van der Waals surface area contributed by atoms with E-state index in [-0.39, 0.29) is 12.2 Å².